The molecule has 2 aromatic rings. The number of hydrogen-bond acceptors (Lipinski definition) is 3. The summed E-state index contributed by atoms with van der Waals surface area (Å²) in [6.45, 7) is 3.17. The zero-order chi connectivity index (χ0) is 14.7. The first-order valence-corrected chi connectivity index (χ1v) is 7.29. The summed E-state index contributed by atoms with van der Waals surface area (Å²) < 4.78 is 7.16. The Balaban J connectivity index is 1.56. The average Bonchev–Trinajstić information content (AvgIpc) is 2.94. The van der Waals surface area contributed by atoms with Crippen molar-refractivity contribution in [3.63, 3.8) is 0 Å². The van der Waals surface area contributed by atoms with E-state index in [0.29, 0.717) is 19.1 Å². The standard InChI is InChI=1S/C15H20N4O2/c1-12(10-18-8-3-7-16-18)17-15(20)19(13-5-6-13)11-14-4-2-9-21-14/h2-4,7-9,12-13H,5-6,10-11H2,1H3,(H,17,20)/t12-/m1/s1. The average molecular weight is 288 g/mol. The van der Waals surface area contributed by atoms with Gasteiger partial charge < -0.3 is 14.6 Å². The molecule has 2 amide bonds. The van der Waals surface area contributed by atoms with Crippen LogP contribution in [0.5, 0.6) is 0 Å². The third kappa shape index (κ3) is 3.65. The molecule has 1 saturated carbocycles. The monoisotopic (exact) mass is 288 g/mol. The fourth-order valence-electron chi connectivity index (χ4n) is 2.35. The molecule has 0 bridgehead atoms. The number of carbonyl (C=O) groups is 1. The minimum absolute atomic E-state index is 0.0234. The SMILES string of the molecule is C[C@H](Cn1cccn1)NC(=O)N(Cc1ccco1)C1CC1. The molecule has 1 N–H and O–H groups in total. The molecule has 6 nitrogen and oxygen atoms in total. The lowest BCUT2D eigenvalue weighted by atomic mass is 10.3. The van der Waals surface area contributed by atoms with Crippen molar-refractivity contribution >= 4 is 6.03 Å². The van der Waals surface area contributed by atoms with Crippen LogP contribution in [0.1, 0.15) is 25.5 Å². The minimum atomic E-state index is -0.0337. The first-order valence-electron chi connectivity index (χ1n) is 7.29. The predicted molar refractivity (Wildman–Crippen MR) is 77.5 cm³/mol. The van der Waals surface area contributed by atoms with Gasteiger partial charge in [-0.05, 0) is 38.0 Å². The van der Waals surface area contributed by atoms with E-state index < -0.39 is 0 Å². The summed E-state index contributed by atoms with van der Waals surface area (Å²) >= 11 is 0. The molecule has 0 unspecified atom stereocenters. The van der Waals surface area contributed by atoms with Gasteiger partial charge in [-0.15, -0.1) is 0 Å². The van der Waals surface area contributed by atoms with Gasteiger partial charge in [-0.1, -0.05) is 0 Å². The van der Waals surface area contributed by atoms with Gasteiger partial charge in [0.2, 0.25) is 0 Å². The van der Waals surface area contributed by atoms with E-state index in [4.69, 9.17) is 4.42 Å². The third-order valence-corrected chi connectivity index (χ3v) is 3.54. The van der Waals surface area contributed by atoms with Crippen LogP contribution in [-0.2, 0) is 13.1 Å². The van der Waals surface area contributed by atoms with Crippen LogP contribution in [0, 0.1) is 0 Å². The van der Waals surface area contributed by atoms with E-state index in [2.05, 4.69) is 10.4 Å². The van der Waals surface area contributed by atoms with Crippen LogP contribution in [0.15, 0.2) is 41.3 Å². The maximum atomic E-state index is 12.4. The van der Waals surface area contributed by atoms with Crippen molar-refractivity contribution < 1.29 is 9.21 Å². The second-order valence-corrected chi connectivity index (χ2v) is 5.52. The maximum Gasteiger partial charge on any atom is 0.318 e. The molecule has 0 radical (unpaired) electrons. The molecule has 0 aliphatic heterocycles. The van der Waals surface area contributed by atoms with Crippen molar-refractivity contribution in [2.45, 2.75) is 44.9 Å². The van der Waals surface area contributed by atoms with E-state index in [0.717, 1.165) is 18.6 Å². The predicted octanol–water partition coefficient (Wildman–Crippen LogP) is 2.24. The topological polar surface area (TPSA) is 63.3 Å². The molecule has 3 rings (SSSR count). The number of nitrogens with zero attached hydrogens (tertiary/aromatic N) is 3. The van der Waals surface area contributed by atoms with Gasteiger partial charge in [0.25, 0.3) is 0 Å². The second kappa shape index (κ2) is 6.03. The van der Waals surface area contributed by atoms with Crippen LogP contribution in [0.25, 0.3) is 0 Å². The van der Waals surface area contributed by atoms with Crippen molar-refractivity contribution in [2.24, 2.45) is 0 Å². The van der Waals surface area contributed by atoms with Crippen LogP contribution in [0.3, 0.4) is 0 Å². The Hall–Kier alpha value is -2.24. The molecule has 0 aromatic carbocycles. The lowest BCUT2D eigenvalue weighted by molar-refractivity contribution is 0.182. The first-order chi connectivity index (χ1) is 10.2. The number of rotatable bonds is 6. The van der Waals surface area contributed by atoms with Crippen molar-refractivity contribution in [1.82, 2.24) is 20.0 Å². The Kier molecular flexibility index (Phi) is 3.94. The van der Waals surface area contributed by atoms with Crippen molar-refractivity contribution in [2.75, 3.05) is 0 Å². The van der Waals surface area contributed by atoms with E-state index in [9.17, 15) is 4.79 Å². The van der Waals surface area contributed by atoms with Crippen molar-refractivity contribution in [1.29, 1.82) is 0 Å². The van der Waals surface area contributed by atoms with Gasteiger partial charge in [-0.25, -0.2) is 4.79 Å². The molecule has 1 aliphatic carbocycles. The fourth-order valence-corrected chi connectivity index (χ4v) is 2.35. The molecule has 1 fully saturated rings. The zero-order valence-electron chi connectivity index (χ0n) is 12.1. The van der Waals surface area contributed by atoms with E-state index in [-0.39, 0.29) is 12.1 Å². The van der Waals surface area contributed by atoms with Gasteiger partial charge in [-0.2, -0.15) is 5.10 Å². The number of aromatic nitrogens is 2. The molecule has 2 heterocycles. The van der Waals surface area contributed by atoms with E-state index in [1.165, 1.54) is 0 Å². The van der Waals surface area contributed by atoms with Gasteiger partial charge in [0.05, 0.1) is 19.4 Å². The maximum absolute atomic E-state index is 12.4. The number of furan rings is 1. The molecule has 2 aromatic heterocycles. The molecule has 21 heavy (non-hydrogen) atoms. The Morgan fingerprint density at radius 3 is 3.05 bits per heavy atom. The molecular formula is C15H20N4O2. The van der Waals surface area contributed by atoms with Crippen LogP contribution >= 0.6 is 0 Å². The van der Waals surface area contributed by atoms with Crippen molar-refractivity contribution in [3.05, 3.63) is 42.6 Å². The van der Waals surface area contributed by atoms with Gasteiger partial charge in [-0.3, -0.25) is 4.68 Å². The highest BCUT2D eigenvalue weighted by atomic mass is 16.3. The number of carbonyl (C=O) groups excluding carboxylic acids is 1. The normalized spacial score (nSPS) is 15.7. The van der Waals surface area contributed by atoms with E-state index in [1.54, 1.807) is 12.5 Å². The van der Waals surface area contributed by atoms with Gasteiger partial charge in [0.1, 0.15) is 5.76 Å². The highest BCUT2D eigenvalue weighted by molar-refractivity contribution is 5.75. The summed E-state index contributed by atoms with van der Waals surface area (Å²) in [4.78, 5) is 14.3. The summed E-state index contributed by atoms with van der Waals surface area (Å²) in [5.41, 5.74) is 0. The van der Waals surface area contributed by atoms with Crippen LogP contribution in [-0.4, -0.2) is 32.8 Å². The fraction of sp³-hybridized carbons (Fsp3) is 0.467. The highest BCUT2D eigenvalue weighted by Crippen LogP contribution is 2.28. The summed E-state index contributed by atoms with van der Waals surface area (Å²) in [6.07, 6.45) is 7.41. The zero-order valence-corrected chi connectivity index (χ0v) is 12.1. The third-order valence-electron chi connectivity index (χ3n) is 3.54. The summed E-state index contributed by atoms with van der Waals surface area (Å²) in [5, 5.41) is 7.19. The number of amides is 2. The number of urea groups is 1. The quantitative estimate of drug-likeness (QED) is 0.886. The van der Waals surface area contributed by atoms with Crippen LogP contribution in [0.4, 0.5) is 4.79 Å². The van der Waals surface area contributed by atoms with Crippen LogP contribution in [0.2, 0.25) is 0 Å². The Bertz CT molecular complexity index is 561. The van der Waals surface area contributed by atoms with E-state index in [1.807, 2.05) is 40.9 Å². The molecular weight excluding hydrogens is 268 g/mol. The number of hydrogen-bond donors (Lipinski definition) is 1. The molecule has 0 spiro atoms. The van der Waals surface area contributed by atoms with Crippen LogP contribution < -0.4 is 5.32 Å². The molecule has 112 valence electrons. The summed E-state index contributed by atoms with van der Waals surface area (Å²) in [6, 6.07) is 5.95. The van der Waals surface area contributed by atoms with Gasteiger partial charge >= 0.3 is 6.03 Å². The molecule has 1 atom stereocenters. The smallest absolute Gasteiger partial charge is 0.318 e. The van der Waals surface area contributed by atoms with Gasteiger partial charge in [0, 0.05) is 24.5 Å². The Labute approximate surface area is 123 Å². The molecule has 0 saturated heterocycles. The summed E-state index contributed by atoms with van der Waals surface area (Å²) in [5.74, 6) is 0.816. The summed E-state index contributed by atoms with van der Waals surface area (Å²) in [7, 11) is 0. The lowest BCUT2D eigenvalue weighted by Crippen LogP contribution is -2.45. The molecule has 1 aliphatic rings. The van der Waals surface area contributed by atoms with E-state index >= 15 is 0 Å². The second-order valence-electron chi connectivity index (χ2n) is 5.52. The first kappa shape index (κ1) is 13.7. The molecule has 6 heteroatoms. The number of nitrogens with one attached hydrogen (secondary N) is 1. The Morgan fingerprint density at radius 1 is 1.57 bits per heavy atom. The largest absolute Gasteiger partial charge is 0.467 e. The lowest BCUT2D eigenvalue weighted by Gasteiger charge is -2.24. The van der Waals surface area contributed by atoms with Gasteiger partial charge in [0.15, 0.2) is 0 Å². The Morgan fingerprint density at radius 2 is 2.43 bits per heavy atom. The van der Waals surface area contributed by atoms with Crippen molar-refractivity contribution in [3.8, 4) is 0 Å². The minimum Gasteiger partial charge on any atom is -0.467 e. The highest BCUT2D eigenvalue weighted by Gasteiger charge is 2.33.